The van der Waals surface area contributed by atoms with Crippen molar-refractivity contribution in [1.29, 1.82) is 0 Å². The van der Waals surface area contributed by atoms with Crippen molar-refractivity contribution in [2.45, 2.75) is 25.9 Å². The number of rotatable bonds is 6. The maximum atomic E-state index is 5.09. The van der Waals surface area contributed by atoms with Crippen LogP contribution >= 0.6 is 0 Å². The molecule has 0 aliphatic carbocycles. The van der Waals surface area contributed by atoms with Crippen molar-refractivity contribution in [2.24, 2.45) is 0 Å². The molecule has 0 aliphatic heterocycles. The normalized spacial score (nSPS) is 12.7. The Morgan fingerprint density at radius 2 is 2.14 bits per heavy atom. The fraction of sp³-hybridized carbons (Fsp3) is 0.600. The number of methoxy groups -OCH3 is 1. The molecule has 1 rings (SSSR count). The number of nitrogens with one attached hydrogen (secondary N) is 1. The van der Waals surface area contributed by atoms with E-state index in [9.17, 15) is 0 Å². The molecule has 1 atom stereocenters. The highest BCUT2D eigenvalue weighted by atomic mass is 16.5. The molecule has 4 heteroatoms. The summed E-state index contributed by atoms with van der Waals surface area (Å²) in [4.78, 5) is 7.90. The van der Waals surface area contributed by atoms with Crippen molar-refractivity contribution in [1.82, 2.24) is 15.3 Å². The lowest BCUT2D eigenvalue weighted by atomic mass is 10.2. The Hall–Kier alpha value is -1.00. The average molecular weight is 195 g/mol. The molecule has 0 saturated carbocycles. The van der Waals surface area contributed by atoms with Gasteiger partial charge in [-0.05, 0) is 6.42 Å². The zero-order valence-electron chi connectivity index (χ0n) is 8.73. The second-order valence-electron chi connectivity index (χ2n) is 3.19. The molecular weight excluding hydrogens is 178 g/mol. The van der Waals surface area contributed by atoms with Crippen molar-refractivity contribution in [2.75, 3.05) is 13.7 Å². The van der Waals surface area contributed by atoms with E-state index in [1.54, 1.807) is 7.11 Å². The van der Waals surface area contributed by atoms with Crippen LogP contribution in [0.2, 0.25) is 0 Å². The van der Waals surface area contributed by atoms with E-state index in [0.29, 0.717) is 6.04 Å². The van der Waals surface area contributed by atoms with Crippen LogP contribution in [-0.2, 0) is 11.3 Å². The van der Waals surface area contributed by atoms with E-state index < -0.39 is 0 Å². The summed E-state index contributed by atoms with van der Waals surface area (Å²) < 4.78 is 5.09. The Bertz CT molecular complexity index is 240. The van der Waals surface area contributed by atoms with Gasteiger partial charge in [-0.1, -0.05) is 6.92 Å². The van der Waals surface area contributed by atoms with Gasteiger partial charge in [0.2, 0.25) is 0 Å². The SMILES string of the molecule is CC[C@@H](COC)NCc1cncnc1. The molecule has 14 heavy (non-hydrogen) atoms. The Morgan fingerprint density at radius 1 is 1.43 bits per heavy atom. The Balaban J connectivity index is 2.32. The predicted octanol–water partition coefficient (Wildman–Crippen LogP) is 0.991. The van der Waals surface area contributed by atoms with Gasteiger partial charge in [-0.2, -0.15) is 0 Å². The van der Waals surface area contributed by atoms with Gasteiger partial charge in [-0.15, -0.1) is 0 Å². The van der Waals surface area contributed by atoms with Gasteiger partial charge >= 0.3 is 0 Å². The van der Waals surface area contributed by atoms with Crippen molar-refractivity contribution < 1.29 is 4.74 Å². The quantitative estimate of drug-likeness (QED) is 0.735. The van der Waals surface area contributed by atoms with Gasteiger partial charge in [0.1, 0.15) is 6.33 Å². The van der Waals surface area contributed by atoms with Crippen LogP contribution in [0.4, 0.5) is 0 Å². The van der Waals surface area contributed by atoms with Gasteiger partial charge in [0.15, 0.2) is 0 Å². The first kappa shape index (κ1) is 11.1. The third-order valence-electron chi connectivity index (χ3n) is 2.07. The minimum atomic E-state index is 0.403. The van der Waals surface area contributed by atoms with Crippen molar-refractivity contribution in [3.8, 4) is 0 Å². The predicted molar refractivity (Wildman–Crippen MR) is 54.8 cm³/mol. The van der Waals surface area contributed by atoms with Gasteiger partial charge < -0.3 is 10.1 Å². The number of ether oxygens (including phenoxy) is 1. The minimum Gasteiger partial charge on any atom is -0.383 e. The van der Waals surface area contributed by atoms with Crippen LogP contribution in [0, 0.1) is 0 Å². The van der Waals surface area contributed by atoms with E-state index >= 15 is 0 Å². The summed E-state index contributed by atoms with van der Waals surface area (Å²) in [6.45, 7) is 3.67. The summed E-state index contributed by atoms with van der Waals surface area (Å²) in [5.74, 6) is 0. The topological polar surface area (TPSA) is 47.0 Å². The second-order valence-corrected chi connectivity index (χ2v) is 3.19. The molecule has 1 heterocycles. The standard InChI is InChI=1S/C10H17N3O/c1-3-10(7-14-2)13-6-9-4-11-8-12-5-9/h4-5,8,10,13H,3,6-7H2,1-2H3/t10-/m0/s1. The Labute approximate surface area is 84.7 Å². The summed E-state index contributed by atoms with van der Waals surface area (Å²) in [7, 11) is 1.72. The maximum Gasteiger partial charge on any atom is 0.115 e. The van der Waals surface area contributed by atoms with E-state index in [1.807, 2.05) is 12.4 Å². The molecule has 4 nitrogen and oxygen atoms in total. The summed E-state index contributed by atoms with van der Waals surface area (Å²) in [6, 6.07) is 0.403. The molecule has 1 N–H and O–H groups in total. The van der Waals surface area contributed by atoms with Crippen molar-refractivity contribution in [3.63, 3.8) is 0 Å². The Kier molecular flexibility index (Phi) is 5.11. The van der Waals surface area contributed by atoms with E-state index in [-0.39, 0.29) is 0 Å². The molecule has 0 saturated heterocycles. The lowest BCUT2D eigenvalue weighted by Gasteiger charge is -2.15. The molecule has 0 radical (unpaired) electrons. The first-order chi connectivity index (χ1) is 6.86. The molecule has 0 aromatic carbocycles. The van der Waals surface area contributed by atoms with Crippen LogP contribution in [0.15, 0.2) is 18.7 Å². The summed E-state index contributed by atoms with van der Waals surface area (Å²) >= 11 is 0. The van der Waals surface area contributed by atoms with E-state index in [4.69, 9.17) is 4.74 Å². The molecule has 78 valence electrons. The third kappa shape index (κ3) is 3.81. The lowest BCUT2D eigenvalue weighted by Crippen LogP contribution is -2.32. The molecule has 0 spiro atoms. The molecule has 0 aliphatic rings. The zero-order valence-corrected chi connectivity index (χ0v) is 8.73. The van der Waals surface area contributed by atoms with Crippen molar-refractivity contribution in [3.05, 3.63) is 24.3 Å². The third-order valence-corrected chi connectivity index (χ3v) is 2.07. The van der Waals surface area contributed by atoms with Crippen LogP contribution in [0.1, 0.15) is 18.9 Å². The van der Waals surface area contributed by atoms with Crippen LogP contribution in [0.3, 0.4) is 0 Å². The molecule has 0 bridgehead atoms. The van der Waals surface area contributed by atoms with Gasteiger partial charge in [0.05, 0.1) is 6.61 Å². The fourth-order valence-corrected chi connectivity index (χ4v) is 1.21. The number of hydrogen-bond donors (Lipinski definition) is 1. The molecule has 0 unspecified atom stereocenters. The number of hydrogen-bond acceptors (Lipinski definition) is 4. The largest absolute Gasteiger partial charge is 0.383 e. The zero-order chi connectivity index (χ0) is 10.2. The smallest absolute Gasteiger partial charge is 0.115 e. The summed E-state index contributed by atoms with van der Waals surface area (Å²) in [5.41, 5.74) is 1.10. The second kappa shape index (κ2) is 6.45. The lowest BCUT2D eigenvalue weighted by molar-refractivity contribution is 0.164. The minimum absolute atomic E-state index is 0.403. The first-order valence-electron chi connectivity index (χ1n) is 4.83. The fourth-order valence-electron chi connectivity index (χ4n) is 1.21. The average Bonchev–Trinajstić information content (AvgIpc) is 2.25. The Morgan fingerprint density at radius 3 is 2.71 bits per heavy atom. The van der Waals surface area contributed by atoms with Crippen LogP contribution in [0.5, 0.6) is 0 Å². The highest BCUT2D eigenvalue weighted by Gasteiger charge is 2.04. The summed E-state index contributed by atoms with van der Waals surface area (Å²) in [5, 5.41) is 3.38. The van der Waals surface area contributed by atoms with Gasteiger partial charge in [0.25, 0.3) is 0 Å². The van der Waals surface area contributed by atoms with Crippen LogP contribution < -0.4 is 5.32 Å². The van der Waals surface area contributed by atoms with E-state index in [2.05, 4.69) is 22.2 Å². The molecule has 1 aromatic rings. The first-order valence-corrected chi connectivity index (χ1v) is 4.83. The number of nitrogens with zero attached hydrogens (tertiary/aromatic N) is 2. The molecule has 1 aromatic heterocycles. The number of aromatic nitrogens is 2. The monoisotopic (exact) mass is 195 g/mol. The molecular formula is C10H17N3O. The van der Waals surface area contributed by atoms with Crippen molar-refractivity contribution >= 4 is 0 Å². The van der Waals surface area contributed by atoms with Gasteiger partial charge in [-0.3, -0.25) is 0 Å². The van der Waals surface area contributed by atoms with E-state index in [0.717, 1.165) is 25.1 Å². The molecule has 0 fully saturated rings. The highest BCUT2D eigenvalue weighted by molar-refractivity contribution is 5.01. The highest BCUT2D eigenvalue weighted by Crippen LogP contribution is 1.96. The molecule has 0 amide bonds. The summed E-state index contributed by atoms with van der Waals surface area (Å²) in [6.07, 6.45) is 6.23. The van der Waals surface area contributed by atoms with Gasteiger partial charge in [0, 0.05) is 37.7 Å². The maximum absolute atomic E-state index is 5.09. The van der Waals surface area contributed by atoms with Crippen LogP contribution in [0.25, 0.3) is 0 Å². The van der Waals surface area contributed by atoms with Gasteiger partial charge in [-0.25, -0.2) is 9.97 Å². The van der Waals surface area contributed by atoms with E-state index in [1.165, 1.54) is 6.33 Å². The van der Waals surface area contributed by atoms with Crippen LogP contribution in [-0.4, -0.2) is 29.7 Å².